The summed E-state index contributed by atoms with van der Waals surface area (Å²) in [6.07, 6.45) is 9.28. The first-order chi connectivity index (χ1) is 11.7. The number of likely N-dealkylation sites (tertiary alicyclic amines) is 1. The third-order valence-electron chi connectivity index (χ3n) is 5.34. The maximum Gasteiger partial charge on any atom is 0.227 e. The third-order valence-corrected chi connectivity index (χ3v) is 5.34. The van der Waals surface area contributed by atoms with Gasteiger partial charge in [0.25, 0.3) is 0 Å². The normalized spacial score (nSPS) is 26.3. The molecule has 0 saturated carbocycles. The molecule has 1 aromatic heterocycles. The number of amides is 2. The van der Waals surface area contributed by atoms with Crippen molar-refractivity contribution in [2.45, 2.75) is 50.6 Å². The van der Waals surface area contributed by atoms with Gasteiger partial charge in [0.15, 0.2) is 0 Å². The van der Waals surface area contributed by atoms with Crippen molar-refractivity contribution in [2.75, 3.05) is 31.1 Å². The van der Waals surface area contributed by atoms with Crippen LogP contribution in [0.5, 0.6) is 0 Å². The lowest BCUT2D eigenvalue weighted by Crippen LogP contribution is -2.53. The second kappa shape index (κ2) is 6.55. The number of anilines is 1. The van der Waals surface area contributed by atoms with Crippen molar-refractivity contribution in [3.8, 4) is 0 Å². The van der Waals surface area contributed by atoms with E-state index in [1.807, 2.05) is 15.8 Å². The van der Waals surface area contributed by atoms with E-state index in [0.29, 0.717) is 18.9 Å². The number of rotatable bonds is 4. The van der Waals surface area contributed by atoms with Gasteiger partial charge in [0.1, 0.15) is 0 Å². The number of aromatic nitrogens is 2. The second-order valence-electron chi connectivity index (χ2n) is 7.21. The van der Waals surface area contributed by atoms with Gasteiger partial charge in [0.05, 0.1) is 17.9 Å². The number of nitrogens with one attached hydrogen (secondary N) is 1. The molecule has 3 fully saturated rings. The summed E-state index contributed by atoms with van der Waals surface area (Å²) in [5, 5.41) is 7.58. The SMILES string of the molecule is O=C1CCCCC(CN2CC(n3cc(N4CCCC4=O)cn3)C2)N1. The van der Waals surface area contributed by atoms with Crippen LogP contribution >= 0.6 is 0 Å². The van der Waals surface area contributed by atoms with Crippen molar-refractivity contribution in [2.24, 2.45) is 0 Å². The molecule has 7 heteroatoms. The Labute approximate surface area is 142 Å². The van der Waals surface area contributed by atoms with Gasteiger partial charge in [-0.05, 0) is 19.3 Å². The molecule has 24 heavy (non-hydrogen) atoms. The Morgan fingerprint density at radius 2 is 2.04 bits per heavy atom. The van der Waals surface area contributed by atoms with Gasteiger partial charge >= 0.3 is 0 Å². The van der Waals surface area contributed by atoms with Crippen LogP contribution in [0.25, 0.3) is 0 Å². The summed E-state index contributed by atoms with van der Waals surface area (Å²) >= 11 is 0. The minimum atomic E-state index is 0.196. The monoisotopic (exact) mass is 331 g/mol. The van der Waals surface area contributed by atoms with E-state index in [0.717, 1.165) is 57.5 Å². The fourth-order valence-corrected chi connectivity index (χ4v) is 3.94. The molecule has 0 aromatic carbocycles. The number of hydrogen-bond donors (Lipinski definition) is 1. The van der Waals surface area contributed by atoms with Gasteiger partial charge in [-0.2, -0.15) is 5.10 Å². The summed E-state index contributed by atoms with van der Waals surface area (Å²) in [5.74, 6) is 0.399. The topological polar surface area (TPSA) is 70.5 Å². The van der Waals surface area contributed by atoms with E-state index in [1.165, 1.54) is 0 Å². The van der Waals surface area contributed by atoms with Crippen molar-refractivity contribution in [1.29, 1.82) is 0 Å². The maximum absolute atomic E-state index is 11.8. The number of nitrogens with zero attached hydrogens (tertiary/aromatic N) is 4. The molecular formula is C17H25N5O2. The highest BCUT2D eigenvalue weighted by atomic mass is 16.2. The van der Waals surface area contributed by atoms with Crippen molar-refractivity contribution >= 4 is 17.5 Å². The van der Waals surface area contributed by atoms with Gasteiger partial charge in [0.2, 0.25) is 11.8 Å². The Kier molecular flexibility index (Phi) is 4.26. The zero-order valence-corrected chi connectivity index (χ0v) is 14.0. The van der Waals surface area contributed by atoms with Crippen LogP contribution in [-0.2, 0) is 9.59 Å². The molecule has 3 saturated heterocycles. The molecule has 3 aliphatic rings. The highest BCUT2D eigenvalue weighted by molar-refractivity contribution is 5.95. The Morgan fingerprint density at radius 1 is 1.17 bits per heavy atom. The molecule has 130 valence electrons. The Balaban J connectivity index is 1.29. The minimum Gasteiger partial charge on any atom is -0.352 e. The van der Waals surface area contributed by atoms with Gasteiger partial charge in [-0.25, -0.2) is 0 Å². The molecule has 1 aromatic rings. The van der Waals surface area contributed by atoms with Crippen LogP contribution in [-0.4, -0.2) is 58.7 Å². The number of carbonyl (C=O) groups is 2. The Morgan fingerprint density at radius 3 is 2.83 bits per heavy atom. The average Bonchev–Trinajstić information content (AvgIpc) is 3.09. The summed E-state index contributed by atoms with van der Waals surface area (Å²) in [7, 11) is 0. The van der Waals surface area contributed by atoms with E-state index >= 15 is 0 Å². The molecule has 1 N–H and O–H groups in total. The Bertz CT molecular complexity index is 622. The summed E-state index contributed by atoms with van der Waals surface area (Å²) in [6.45, 7) is 3.66. The van der Waals surface area contributed by atoms with Crippen molar-refractivity contribution in [3.63, 3.8) is 0 Å². The van der Waals surface area contributed by atoms with Crippen molar-refractivity contribution in [1.82, 2.24) is 20.0 Å². The molecule has 1 unspecified atom stereocenters. The number of carbonyl (C=O) groups excluding carboxylic acids is 2. The highest BCUT2D eigenvalue weighted by Gasteiger charge is 2.32. The average molecular weight is 331 g/mol. The van der Waals surface area contributed by atoms with Crippen LogP contribution in [0.4, 0.5) is 5.69 Å². The standard InChI is InChI=1S/C17H25N5O2/c23-16-5-2-1-4-13(19-16)9-20-10-15(11-20)22-12-14(8-18-22)21-7-3-6-17(21)24/h8,12-13,15H,1-7,9-11H2,(H,19,23). The molecular weight excluding hydrogens is 306 g/mol. The summed E-state index contributed by atoms with van der Waals surface area (Å²) < 4.78 is 1.99. The summed E-state index contributed by atoms with van der Waals surface area (Å²) in [6, 6.07) is 0.661. The van der Waals surface area contributed by atoms with E-state index in [-0.39, 0.29) is 17.9 Å². The van der Waals surface area contributed by atoms with Crippen molar-refractivity contribution < 1.29 is 9.59 Å². The van der Waals surface area contributed by atoms with Crippen LogP contribution in [0.3, 0.4) is 0 Å². The second-order valence-corrected chi connectivity index (χ2v) is 7.21. The van der Waals surface area contributed by atoms with Gasteiger partial charge in [0, 0.05) is 51.3 Å². The minimum absolute atomic E-state index is 0.196. The molecule has 4 heterocycles. The predicted molar refractivity (Wildman–Crippen MR) is 89.7 cm³/mol. The fourth-order valence-electron chi connectivity index (χ4n) is 3.94. The van der Waals surface area contributed by atoms with Crippen molar-refractivity contribution in [3.05, 3.63) is 12.4 Å². The van der Waals surface area contributed by atoms with E-state index in [2.05, 4.69) is 15.3 Å². The summed E-state index contributed by atoms with van der Waals surface area (Å²) in [4.78, 5) is 27.7. The fraction of sp³-hybridized carbons (Fsp3) is 0.706. The lowest BCUT2D eigenvalue weighted by Gasteiger charge is -2.41. The van der Waals surface area contributed by atoms with Crippen LogP contribution < -0.4 is 10.2 Å². The Hall–Kier alpha value is -1.89. The van der Waals surface area contributed by atoms with E-state index in [9.17, 15) is 9.59 Å². The highest BCUT2D eigenvalue weighted by Crippen LogP contribution is 2.26. The quantitative estimate of drug-likeness (QED) is 0.891. The molecule has 0 spiro atoms. The van der Waals surface area contributed by atoms with Crippen LogP contribution in [0.2, 0.25) is 0 Å². The van der Waals surface area contributed by atoms with Crippen LogP contribution in [0, 0.1) is 0 Å². The van der Waals surface area contributed by atoms with Gasteiger partial charge < -0.3 is 10.2 Å². The van der Waals surface area contributed by atoms with Gasteiger partial charge in [-0.1, -0.05) is 6.42 Å². The lowest BCUT2D eigenvalue weighted by atomic mass is 10.1. The largest absolute Gasteiger partial charge is 0.352 e. The zero-order valence-electron chi connectivity index (χ0n) is 14.0. The van der Waals surface area contributed by atoms with Gasteiger partial charge in [-0.3, -0.25) is 19.2 Å². The number of hydrogen-bond acceptors (Lipinski definition) is 4. The third kappa shape index (κ3) is 3.17. The van der Waals surface area contributed by atoms with E-state index in [1.54, 1.807) is 6.20 Å². The van der Waals surface area contributed by atoms with Crippen LogP contribution in [0.1, 0.15) is 44.6 Å². The molecule has 0 radical (unpaired) electrons. The smallest absolute Gasteiger partial charge is 0.227 e. The molecule has 7 nitrogen and oxygen atoms in total. The van der Waals surface area contributed by atoms with Gasteiger partial charge in [-0.15, -0.1) is 0 Å². The first-order valence-corrected chi connectivity index (χ1v) is 9.05. The summed E-state index contributed by atoms with van der Waals surface area (Å²) in [5.41, 5.74) is 0.923. The molecule has 3 aliphatic heterocycles. The van der Waals surface area contributed by atoms with E-state index in [4.69, 9.17) is 0 Å². The first kappa shape index (κ1) is 15.6. The van der Waals surface area contributed by atoms with E-state index < -0.39 is 0 Å². The lowest BCUT2D eigenvalue weighted by molar-refractivity contribution is -0.121. The maximum atomic E-state index is 11.8. The molecule has 1 atom stereocenters. The molecule has 4 rings (SSSR count). The van der Waals surface area contributed by atoms with Crippen LogP contribution in [0.15, 0.2) is 12.4 Å². The molecule has 0 bridgehead atoms. The molecule has 2 amide bonds. The zero-order chi connectivity index (χ0) is 16.5. The predicted octanol–water partition coefficient (Wildman–Crippen LogP) is 0.925. The molecule has 0 aliphatic carbocycles. The first-order valence-electron chi connectivity index (χ1n) is 9.05.